The van der Waals surface area contributed by atoms with Crippen LogP contribution in [0, 0.1) is 0 Å². The molecule has 1 amide bonds. The van der Waals surface area contributed by atoms with Crippen LogP contribution in [0.15, 0.2) is 59.7 Å². The SMILES string of the molecule is C/C(=N/NC(=O)CNc1ccccc1)c1cccc(N)c1. The Morgan fingerprint density at radius 1 is 1.14 bits per heavy atom. The van der Waals surface area contributed by atoms with Crippen molar-refractivity contribution in [3.8, 4) is 0 Å². The van der Waals surface area contributed by atoms with E-state index in [-0.39, 0.29) is 12.5 Å². The van der Waals surface area contributed by atoms with Crippen LogP contribution in [0.2, 0.25) is 0 Å². The third kappa shape index (κ3) is 4.65. The van der Waals surface area contributed by atoms with Gasteiger partial charge in [0.15, 0.2) is 0 Å². The summed E-state index contributed by atoms with van der Waals surface area (Å²) >= 11 is 0. The number of carbonyl (C=O) groups excluding carboxylic acids is 1. The molecule has 0 aromatic heterocycles. The summed E-state index contributed by atoms with van der Waals surface area (Å²) in [6, 6.07) is 16.9. The van der Waals surface area contributed by atoms with E-state index in [2.05, 4.69) is 15.8 Å². The third-order valence-electron chi connectivity index (χ3n) is 2.88. The van der Waals surface area contributed by atoms with Gasteiger partial charge < -0.3 is 11.1 Å². The van der Waals surface area contributed by atoms with Crippen LogP contribution < -0.4 is 16.5 Å². The molecule has 2 aromatic rings. The van der Waals surface area contributed by atoms with Gasteiger partial charge >= 0.3 is 0 Å². The second kappa shape index (κ2) is 7.09. The topological polar surface area (TPSA) is 79.5 Å². The molecule has 0 unspecified atom stereocenters. The molecule has 108 valence electrons. The van der Waals surface area contributed by atoms with Crippen molar-refractivity contribution >= 4 is 23.0 Å². The lowest BCUT2D eigenvalue weighted by atomic mass is 10.1. The highest BCUT2D eigenvalue weighted by molar-refractivity contribution is 6.00. The van der Waals surface area contributed by atoms with Gasteiger partial charge in [0.2, 0.25) is 0 Å². The van der Waals surface area contributed by atoms with Crippen molar-refractivity contribution in [1.29, 1.82) is 0 Å². The zero-order chi connectivity index (χ0) is 15.1. The van der Waals surface area contributed by atoms with E-state index in [1.165, 1.54) is 0 Å². The second-order valence-electron chi connectivity index (χ2n) is 4.58. The number of nitrogen functional groups attached to an aromatic ring is 1. The summed E-state index contributed by atoms with van der Waals surface area (Å²) in [5, 5.41) is 7.09. The fraction of sp³-hybridized carbons (Fsp3) is 0.125. The molecule has 4 N–H and O–H groups in total. The minimum absolute atomic E-state index is 0.164. The van der Waals surface area contributed by atoms with Gasteiger partial charge in [-0.2, -0.15) is 5.10 Å². The molecule has 0 atom stereocenters. The van der Waals surface area contributed by atoms with Gasteiger partial charge in [0.25, 0.3) is 5.91 Å². The fourth-order valence-electron chi connectivity index (χ4n) is 1.75. The maximum Gasteiger partial charge on any atom is 0.259 e. The summed E-state index contributed by atoms with van der Waals surface area (Å²) in [6.45, 7) is 1.98. The Bertz CT molecular complexity index is 638. The van der Waals surface area contributed by atoms with Crippen LogP contribution in [-0.2, 0) is 4.79 Å². The summed E-state index contributed by atoms with van der Waals surface area (Å²) in [7, 11) is 0. The van der Waals surface area contributed by atoms with E-state index in [0.29, 0.717) is 11.4 Å². The van der Waals surface area contributed by atoms with Crippen LogP contribution in [0.25, 0.3) is 0 Å². The van der Waals surface area contributed by atoms with Crippen molar-refractivity contribution in [3.05, 3.63) is 60.2 Å². The van der Waals surface area contributed by atoms with E-state index in [0.717, 1.165) is 11.3 Å². The second-order valence-corrected chi connectivity index (χ2v) is 4.58. The van der Waals surface area contributed by atoms with Crippen LogP contribution >= 0.6 is 0 Å². The van der Waals surface area contributed by atoms with Gasteiger partial charge in [-0.1, -0.05) is 30.3 Å². The largest absolute Gasteiger partial charge is 0.399 e. The zero-order valence-electron chi connectivity index (χ0n) is 11.8. The Balaban J connectivity index is 1.87. The van der Waals surface area contributed by atoms with Crippen molar-refractivity contribution < 1.29 is 4.79 Å². The number of hydrazone groups is 1. The molecule has 2 aromatic carbocycles. The highest BCUT2D eigenvalue weighted by atomic mass is 16.2. The lowest BCUT2D eigenvalue weighted by Crippen LogP contribution is -2.26. The van der Waals surface area contributed by atoms with Crippen molar-refractivity contribution in [3.63, 3.8) is 0 Å². The first-order valence-electron chi connectivity index (χ1n) is 6.63. The van der Waals surface area contributed by atoms with E-state index in [1.54, 1.807) is 6.07 Å². The molecule has 5 nitrogen and oxygen atoms in total. The Labute approximate surface area is 123 Å². The molecule has 0 saturated carbocycles. The Kier molecular flexibility index (Phi) is 4.93. The molecule has 0 spiro atoms. The van der Waals surface area contributed by atoms with E-state index in [4.69, 9.17) is 5.73 Å². The van der Waals surface area contributed by atoms with E-state index in [1.807, 2.05) is 55.5 Å². The van der Waals surface area contributed by atoms with Gasteiger partial charge in [-0.05, 0) is 36.8 Å². The predicted octanol–water partition coefficient (Wildman–Crippen LogP) is 2.22. The number of rotatable bonds is 5. The number of benzene rings is 2. The van der Waals surface area contributed by atoms with Gasteiger partial charge in [0, 0.05) is 11.4 Å². The van der Waals surface area contributed by atoms with Crippen molar-refractivity contribution in [1.82, 2.24) is 5.43 Å². The van der Waals surface area contributed by atoms with Crippen LogP contribution in [0.1, 0.15) is 12.5 Å². The third-order valence-corrected chi connectivity index (χ3v) is 2.88. The normalized spacial score (nSPS) is 11.0. The minimum Gasteiger partial charge on any atom is -0.399 e. The summed E-state index contributed by atoms with van der Waals surface area (Å²) in [4.78, 5) is 11.7. The summed E-state index contributed by atoms with van der Waals surface area (Å²) in [6.07, 6.45) is 0. The first-order chi connectivity index (χ1) is 10.1. The lowest BCUT2D eigenvalue weighted by molar-refractivity contribution is -0.119. The van der Waals surface area contributed by atoms with Crippen molar-refractivity contribution in [2.75, 3.05) is 17.6 Å². The van der Waals surface area contributed by atoms with Crippen LogP contribution in [0.4, 0.5) is 11.4 Å². The number of amides is 1. The standard InChI is InChI=1S/C16H18N4O/c1-12(13-6-5-7-14(17)10-13)19-20-16(21)11-18-15-8-3-2-4-9-15/h2-10,18H,11,17H2,1H3,(H,20,21)/b19-12-. The number of hydrogen-bond donors (Lipinski definition) is 3. The molecule has 5 heteroatoms. The number of hydrogen-bond acceptors (Lipinski definition) is 4. The average molecular weight is 282 g/mol. The zero-order valence-corrected chi connectivity index (χ0v) is 11.8. The summed E-state index contributed by atoms with van der Waals surface area (Å²) < 4.78 is 0. The number of anilines is 2. The maximum absolute atomic E-state index is 11.7. The first-order valence-corrected chi connectivity index (χ1v) is 6.63. The van der Waals surface area contributed by atoms with E-state index >= 15 is 0 Å². The molecular formula is C16H18N4O. The van der Waals surface area contributed by atoms with E-state index < -0.39 is 0 Å². The van der Waals surface area contributed by atoms with Gasteiger partial charge in [0.1, 0.15) is 0 Å². The number of nitrogens with zero attached hydrogens (tertiary/aromatic N) is 1. The predicted molar refractivity (Wildman–Crippen MR) is 86.1 cm³/mol. The van der Waals surface area contributed by atoms with Gasteiger partial charge in [-0.3, -0.25) is 4.79 Å². The number of nitrogens with two attached hydrogens (primary N) is 1. The first kappa shape index (κ1) is 14.6. The number of carbonyl (C=O) groups is 1. The number of nitrogens with one attached hydrogen (secondary N) is 2. The Morgan fingerprint density at radius 2 is 1.90 bits per heavy atom. The highest BCUT2D eigenvalue weighted by Crippen LogP contribution is 2.07. The summed E-state index contributed by atoms with van der Waals surface area (Å²) in [5.74, 6) is -0.206. The lowest BCUT2D eigenvalue weighted by Gasteiger charge is -2.06. The molecule has 0 aliphatic carbocycles. The van der Waals surface area contributed by atoms with Gasteiger partial charge in [0.05, 0.1) is 12.3 Å². The smallest absolute Gasteiger partial charge is 0.259 e. The Morgan fingerprint density at radius 3 is 2.62 bits per heavy atom. The van der Waals surface area contributed by atoms with Gasteiger partial charge in [-0.25, -0.2) is 5.43 Å². The quantitative estimate of drug-likeness (QED) is 0.447. The van der Waals surface area contributed by atoms with Crippen LogP contribution in [-0.4, -0.2) is 18.2 Å². The fourth-order valence-corrected chi connectivity index (χ4v) is 1.75. The molecule has 0 radical (unpaired) electrons. The molecular weight excluding hydrogens is 264 g/mol. The molecule has 0 saturated heterocycles. The molecule has 0 fully saturated rings. The molecule has 2 rings (SSSR count). The van der Waals surface area contributed by atoms with Crippen molar-refractivity contribution in [2.45, 2.75) is 6.92 Å². The van der Waals surface area contributed by atoms with Crippen LogP contribution in [0.3, 0.4) is 0 Å². The molecule has 0 heterocycles. The average Bonchev–Trinajstić information content (AvgIpc) is 2.51. The maximum atomic E-state index is 11.7. The van der Waals surface area contributed by atoms with E-state index in [9.17, 15) is 4.79 Å². The van der Waals surface area contributed by atoms with Gasteiger partial charge in [-0.15, -0.1) is 0 Å². The number of para-hydroxylation sites is 1. The minimum atomic E-state index is -0.206. The summed E-state index contributed by atoms with van der Waals surface area (Å²) in [5.41, 5.74) is 11.4. The Hall–Kier alpha value is -2.82. The highest BCUT2D eigenvalue weighted by Gasteiger charge is 2.01. The molecule has 21 heavy (non-hydrogen) atoms. The molecule has 0 aliphatic rings. The molecule has 0 aliphatic heterocycles. The van der Waals surface area contributed by atoms with Crippen molar-refractivity contribution in [2.24, 2.45) is 5.10 Å². The molecule has 0 bridgehead atoms. The van der Waals surface area contributed by atoms with Crippen LogP contribution in [0.5, 0.6) is 0 Å². The monoisotopic (exact) mass is 282 g/mol.